The lowest BCUT2D eigenvalue weighted by Crippen LogP contribution is -1.90. The van der Waals surface area contributed by atoms with Gasteiger partial charge < -0.3 is 5.73 Å². The fourth-order valence-corrected chi connectivity index (χ4v) is 1.07. The van der Waals surface area contributed by atoms with Crippen LogP contribution in [-0.4, -0.2) is 0 Å². The molecule has 0 aliphatic carbocycles. The molecule has 0 aliphatic rings. The number of anilines is 1. The van der Waals surface area contributed by atoms with E-state index in [1.165, 1.54) is 11.1 Å². The van der Waals surface area contributed by atoms with Gasteiger partial charge in [0.15, 0.2) is 0 Å². The number of nitrogen functional groups attached to an aromatic ring is 1. The second kappa shape index (κ2) is 4.24. The number of nitrogens with two attached hydrogens (primary N) is 1. The van der Waals surface area contributed by atoms with Gasteiger partial charge in [0.2, 0.25) is 0 Å². The Balaban J connectivity index is 0.000001000. The third-order valence-corrected chi connectivity index (χ3v) is 1.75. The van der Waals surface area contributed by atoms with E-state index in [1.54, 1.807) is 0 Å². The van der Waals surface area contributed by atoms with E-state index in [1.807, 2.05) is 12.1 Å². The van der Waals surface area contributed by atoms with Crippen LogP contribution in [0.1, 0.15) is 18.1 Å². The highest BCUT2D eigenvalue weighted by atomic mass is 35.5. The highest BCUT2D eigenvalue weighted by molar-refractivity contribution is 5.85. The Morgan fingerprint density at radius 1 is 1.36 bits per heavy atom. The molecule has 0 aliphatic heterocycles. The van der Waals surface area contributed by atoms with Crippen LogP contribution >= 0.6 is 12.4 Å². The van der Waals surface area contributed by atoms with Crippen LogP contribution in [0.25, 0.3) is 0 Å². The van der Waals surface area contributed by atoms with Crippen molar-refractivity contribution in [3.05, 3.63) is 29.3 Å². The van der Waals surface area contributed by atoms with Gasteiger partial charge in [-0.05, 0) is 36.6 Å². The summed E-state index contributed by atoms with van der Waals surface area (Å²) in [6.45, 7) is 4.25. The van der Waals surface area contributed by atoms with E-state index in [4.69, 9.17) is 5.73 Å². The van der Waals surface area contributed by atoms with Crippen molar-refractivity contribution in [3.8, 4) is 0 Å². The molecule has 0 amide bonds. The molecular formula is C9H14ClN. The van der Waals surface area contributed by atoms with E-state index >= 15 is 0 Å². The Morgan fingerprint density at radius 3 is 2.45 bits per heavy atom. The van der Waals surface area contributed by atoms with Crippen molar-refractivity contribution < 1.29 is 0 Å². The summed E-state index contributed by atoms with van der Waals surface area (Å²) in [5.74, 6) is 0. The van der Waals surface area contributed by atoms with E-state index in [-0.39, 0.29) is 12.4 Å². The van der Waals surface area contributed by atoms with Crippen molar-refractivity contribution in [2.45, 2.75) is 20.3 Å². The Kier molecular flexibility index (Phi) is 3.98. The van der Waals surface area contributed by atoms with Crippen LogP contribution < -0.4 is 5.73 Å². The Morgan fingerprint density at radius 2 is 2.00 bits per heavy atom. The van der Waals surface area contributed by atoms with E-state index < -0.39 is 0 Å². The van der Waals surface area contributed by atoms with Gasteiger partial charge in [0.05, 0.1) is 0 Å². The number of halogens is 1. The minimum atomic E-state index is 0. The zero-order chi connectivity index (χ0) is 7.56. The molecule has 0 atom stereocenters. The van der Waals surface area contributed by atoms with Crippen LogP contribution in [0, 0.1) is 6.92 Å². The first-order chi connectivity index (χ1) is 4.74. The van der Waals surface area contributed by atoms with Crippen molar-refractivity contribution >= 4 is 18.1 Å². The first kappa shape index (κ1) is 10.3. The first-order valence-electron chi connectivity index (χ1n) is 3.59. The molecule has 0 bridgehead atoms. The molecule has 1 rings (SSSR count). The van der Waals surface area contributed by atoms with E-state index in [2.05, 4.69) is 19.9 Å². The molecule has 0 spiro atoms. The van der Waals surface area contributed by atoms with Gasteiger partial charge in [0.1, 0.15) is 0 Å². The third-order valence-electron chi connectivity index (χ3n) is 1.75. The van der Waals surface area contributed by atoms with Crippen molar-refractivity contribution in [1.82, 2.24) is 0 Å². The van der Waals surface area contributed by atoms with Gasteiger partial charge in [-0.2, -0.15) is 0 Å². The number of hydrogen-bond acceptors (Lipinski definition) is 1. The van der Waals surface area contributed by atoms with Gasteiger partial charge in [-0.1, -0.05) is 13.0 Å². The van der Waals surface area contributed by atoms with E-state index in [0.29, 0.717) is 0 Å². The zero-order valence-electron chi connectivity index (χ0n) is 6.92. The Labute approximate surface area is 74.0 Å². The molecule has 0 aromatic heterocycles. The summed E-state index contributed by atoms with van der Waals surface area (Å²) in [5, 5.41) is 0. The van der Waals surface area contributed by atoms with Crippen molar-refractivity contribution in [2.24, 2.45) is 0 Å². The van der Waals surface area contributed by atoms with Gasteiger partial charge >= 0.3 is 0 Å². The van der Waals surface area contributed by atoms with Crippen molar-refractivity contribution in [3.63, 3.8) is 0 Å². The molecule has 2 heteroatoms. The van der Waals surface area contributed by atoms with Crippen molar-refractivity contribution in [1.29, 1.82) is 0 Å². The summed E-state index contributed by atoms with van der Waals surface area (Å²) in [4.78, 5) is 0. The first-order valence-corrected chi connectivity index (χ1v) is 3.59. The quantitative estimate of drug-likeness (QED) is 0.646. The number of aryl methyl sites for hydroxylation is 2. The van der Waals surface area contributed by atoms with Gasteiger partial charge in [-0.3, -0.25) is 0 Å². The maximum absolute atomic E-state index is 5.60. The fraction of sp³-hybridized carbons (Fsp3) is 0.333. The Bertz CT molecular complexity index is 233. The predicted molar refractivity (Wildman–Crippen MR) is 52.2 cm³/mol. The third kappa shape index (κ3) is 2.43. The molecule has 11 heavy (non-hydrogen) atoms. The fourth-order valence-electron chi connectivity index (χ4n) is 1.07. The second-order valence-corrected chi connectivity index (χ2v) is 2.54. The van der Waals surface area contributed by atoms with Gasteiger partial charge in [-0.25, -0.2) is 0 Å². The molecule has 1 aromatic rings. The lowest BCUT2D eigenvalue weighted by molar-refractivity contribution is 1.11. The molecule has 1 nitrogen and oxygen atoms in total. The predicted octanol–water partition coefficient (Wildman–Crippen LogP) is 2.56. The normalized spacial score (nSPS) is 8.91. The molecule has 0 saturated carbocycles. The summed E-state index contributed by atoms with van der Waals surface area (Å²) in [6.07, 6.45) is 1.07. The number of hydrogen-bond donors (Lipinski definition) is 1. The SMILES string of the molecule is CCc1cc(N)ccc1C.Cl. The summed E-state index contributed by atoms with van der Waals surface area (Å²) >= 11 is 0. The molecule has 0 saturated heterocycles. The molecule has 62 valence electrons. The zero-order valence-corrected chi connectivity index (χ0v) is 7.74. The average Bonchev–Trinajstić information content (AvgIpc) is 1.94. The standard InChI is InChI=1S/C9H13N.ClH/c1-3-8-6-9(10)5-4-7(8)2;/h4-6H,3,10H2,1-2H3;1H. The smallest absolute Gasteiger partial charge is 0.0316 e. The van der Waals surface area contributed by atoms with Crippen LogP contribution in [0.4, 0.5) is 5.69 Å². The molecule has 0 radical (unpaired) electrons. The largest absolute Gasteiger partial charge is 0.399 e. The van der Waals surface area contributed by atoms with E-state index in [9.17, 15) is 0 Å². The maximum Gasteiger partial charge on any atom is 0.0316 e. The summed E-state index contributed by atoms with van der Waals surface area (Å²) in [6, 6.07) is 6.04. The van der Waals surface area contributed by atoms with Crippen LogP contribution in [-0.2, 0) is 6.42 Å². The Hall–Kier alpha value is -0.690. The molecule has 0 unspecified atom stereocenters. The van der Waals surface area contributed by atoms with E-state index in [0.717, 1.165) is 12.1 Å². The number of rotatable bonds is 1. The van der Waals surface area contributed by atoms with Crippen molar-refractivity contribution in [2.75, 3.05) is 5.73 Å². The number of benzene rings is 1. The summed E-state index contributed by atoms with van der Waals surface area (Å²) < 4.78 is 0. The highest BCUT2D eigenvalue weighted by Gasteiger charge is 1.93. The second-order valence-electron chi connectivity index (χ2n) is 2.54. The van der Waals surface area contributed by atoms with Gasteiger partial charge in [-0.15, -0.1) is 12.4 Å². The lowest BCUT2D eigenvalue weighted by atomic mass is 10.1. The molecular weight excluding hydrogens is 158 g/mol. The molecule has 0 fully saturated rings. The molecule has 2 N–H and O–H groups in total. The van der Waals surface area contributed by atoms with Crippen LogP contribution in [0.2, 0.25) is 0 Å². The monoisotopic (exact) mass is 171 g/mol. The average molecular weight is 172 g/mol. The topological polar surface area (TPSA) is 26.0 Å². The maximum atomic E-state index is 5.60. The van der Waals surface area contributed by atoms with Crippen LogP contribution in [0.3, 0.4) is 0 Å². The summed E-state index contributed by atoms with van der Waals surface area (Å²) in [5.41, 5.74) is 9.14. The van der Waals surface area contributed by atoms with Crippen LogP contribution in [0.15, 0.2) is 18.2 Å². The lowest BCUT2D eigenvalue weighted by Gasteiger charge is -2.02. The van der Waals surface area contributed by atoms with Crippen LogP contribution in [0.5, 0.6) is 0 Å². The van der Waals surface area contributed by atoms with Gasteiger partial charge in [0.25, 0.3) is 0 Å². The molecule has 1 aromatic carbocycles. The highest BCUT2D eigenvalue weighted by Crippen LogP contribution is 2.12. The summed E-state index contributed by atoms with van der Waals surface area (Å²) in [7, 11) is 0. The minimum absolute atomic E-state index is 0. The van der Waals surface area contributed by atoms with Gasteiger partial charge in [0, 0.05) is 5.69 Å². The minimum Gasteiger partial charge on any atom is -0.399 e. The molecule has 0 heterocycles.